The molecule has 0 bridgehead atoms. The Bertz CT molecular complexity index is 3040. The summed E-state index contributed by atoms with van der Waals surface area (Å²) in [4.78, 5) is 52.2. The van der Waals surface area contributed by atoms with Crippen LogP contribution in [0.2, 0.25) is 103 Å². The van der Waals surface area contributed by atoms with Crippen LogP contribution in [0.25, 0.3) is 11.1 Å². The predicted octanol–water partition coefficient (Wildman–Crippen LogP) is 10.1. The Balaban J connectivity index is 1.53. The number of aromatic nitrogens is 4. The number of quaternary nitrogens is 2. The monoisotopic (exact) mass is 1350 g/mol. The number of carbonyl (C=O) groups excluding carboxylic acids is 3. The number of nitrogens with one attached hydrogen (secondary N) is 4. The smallest absolute Gasteiger partial charge is 0.245 e. The highest BCUT2D eigenvalue weighted by Crippen LogP contribution is 2.53. The molecule has 2 aromatic heterocycles. The summed E-state index contributed by atoms with van der Waals surface area (Å²) in [7, 11) is -6.57. The minimum Gasteiger partial charge on any atom is -0.390 e. The van der Waals surface area contributed by atoms with Gasteiger partial charge in [0.15, 0.2) is 0 Å². The molecule has 6 heterocycles. The summed E-state index contributed by atoms with van der Waals surface area (Å²) in [6.45, 7) is 32.6. The van der Waals surface area contributed by atoms with Crippen molar-refractivity contribution in [3.05, 3.63) is 117 Å². The van der Waals surface area contributed by atoms with Crippen LogP contribution in [0.5, 0.6) is 0 Å². The molecular weight excluding hydrogens is 1240 g/mol. The fraction of sp³-hybridized carbons (Fsp3) is 0.627. The van der Waals surface area contributed by atoms with Crippen molar-refractivity contribution in [1.82, 2.24) is 41.0 Å². The van der Waals surface area contributed by atoms with Gasteiger partial charge in [-0.05, 0) is 111 Å². The molecule has 0 radical (unpaired) electrons. The van der Waals surface area contributed by atoms with E-state index in [0.29, 0.717) is 89.4 Å². The number of hydrogen-bond acceptors (Lipinski definition) is 15. The van der Waals surface area contributed by atoms with E-state index in [2.05, 4.69) is 110 Å². The molecule has 6 N–H and O–H groups in total. The molecule has 0 aliphatic carbocycles. The number of Topliss-reactive ketones (excluding diaryl/α,β-unsaturated/α-hetero) is 3. The van der Waals surface area contributed by atoms with Gasteiger partial charge in [0.1, 0.15) is 47.5 Å². The average molecular weight is 1350 g/mol. The minimum atomic E-state index is -1.76. The van der Waals surface area contributed by atoms with Crippen LogP contribution in [-0.4, -0.2) is 216 Å². The number of nitrogens with zero attached hydrogens (tertiary/aromatic N) is 6. The van der Waals surface area contributed by atoms with Crippen LogP contribution in [0.15, 0.2) is 60.2 Å². The number of rotatable bonds is 34. The Morgan fingerprint density at radius 1 is 0.565 bits per heavy atom. The van der Waals surface area contributed by atoms with Crippen LogP contribution < -0.4 is 10.6 Å². The molecule has 0 amide bonds. The normalized spacial score (nSPS) is 22.8. The molecule has 2 aromatic carbocycles. The SMILES string of the molecule is Cc1c(F)cccc1C1=C(C(=O)C2=C(c3cccc(F)c3C)[C@H](C(=O)c3[nH]ncc3COCC[Si](C)(C)C)[N+](CCO)(COCC[Si](C)(C)C)N2[C@H]2CCCNC2)N(C2CCCNC2)[N+](CCO)(COCC[Si](C)(C)C)C1C(=O)c1[nH]ncc1COCC[Si](C)(C)C. The third-order valence-electron chi connectivity index (χ3n) is 18.6. The Labute approximate surface area is 549 Å². The molecular formula is C67H108F2N10O9Si4+2. The number of carbonyl (C=O) groups is 3. The number of halogens is 2. The number of H-pyrrole nitrogens is 2. The lowest BCUT2D eigenvalue weighted by molar-refractivity contribution is -1.05. The van der Waals surface area contributed by atoms with Gasteiger partial charge < -0.3 is 39.8 Å². The number of aliphatic hydroxyl groups excluding tert-OH is 2. The highest BCUT2D eigenvalue weighted by molar-refractivity contribution is 6.77. The van der Waals surface area contributed by atoms with Gasteiger partial charge in [-0.15, -0.1) is 0 Å². The fourth-order valence-electron chi connectivity index (χ4n) is 13.4. The first-order chi connectivity index (χ1) is 43.5. The number of benzene rings is 2. The first kappa shape index (κ1) is 73.1. The summed E-state index contributed by atoms with van der Waals surface area (Å²) in [5, 5.41) is 50.0. The van der Waals surface area contributed by atoms with Crippen LogP contribution >= 0.6 is 0 Å². The maximum atomic E-state index is 18.4. The molecule has 0 spiro atoms. The van der Waals surface area contributed by atoms with E-state index in [9.17, 15) is 10.2 Å². The Kier molecular flexibility index (Phi) is 24.6. The Morgan fingerprint density at radius 2 is 0.924 bits per heavy atom. The van der Waals surface area contributed by atoms with Crippen LogP contribution in [-0.2, 0) is 37.0 Å². The van der Waals surface area contributed by atoms with E-state index in [1.165, 1.54) is 12.1 Å². The van der Waals surface area contributed by atoms with Gasteiger partial charge in [0.25, 0.3) is 0 Å². The molecule has 92 heavy (non-hydrogen) atoms. The highest BCUT2D eigenvalue weighted by atomic mass is 28.3. The van der Waals surface area contributed by atoms with Gasteiger partial charge in [-0.3, -0.25) is 24.6 Å². The fourth-order valence-corrected chi connectivity index (χ4v) is 16.5. The standard InChI is InChI=1S/C67H106F2N10O9Si4/c1-47-53(21-15-23-55(47)68)57-61(76(51-19-17-25-70-41-51)78(27-29-80,45-87-33-37-91(9,10)11)63(57)65(82)59-49(39-72-74-59)43-85-31-35-89(3,4)5)67(84)62-58(54-22-16-24-56(69)48(54)2)64(66(83)60-50(40-73-75-60)44-86-32-36-90(6,7)8)79(28-30-81,46-88-34-38-92(12,13)14)77(62)52-20-18-26-71-42-52/h15-16,21-24,39-40,51-52,63-64,70-71,80-81H,17-20,25-38,41-46H2,1-14H3/p+2/t51-,52?,63+,64?,78?,79?/m0/s1. The van der Waals surface area contributed by atoms with E-state index in [-0.39, 0.29) is 95.9 Å². The summed E-state index contributed by atoms with van der Waals surface area (Å²) in [6.07, 6.45) is 5.60. The second-order valence-electron chi connectivity index (χ2n) is 30.7. The molecule has 6 atom stereocenters. The van der Waals surface area contributed by atoms with Crippen LogP contribution in [0.4, 0.5) is 8.78 Å². The van der Waals surface area contributed by atoms with Gasteiger partial charge in [0, 0.05) is 69.7 Å². The quantitative estimate of drug-likeness (QED) is 0.0111. The summed E-state index contributed by atoms with van der Waals surface area (Å²) < 4.78 is 59.8. The number of hydrogen-bond donors (Lipinski definition) is 6. The van der Waals surface area contributed by atoms with Gasteiger partial charge in [-0.1, -0.05) is 103 Å². The lowest BCUT2D eigenvalue weighted by Crippen LogP contribution is -2.70. The van der Waals surface area contributed by atoms with Crippen molar-refractivity contribution < 1.29 is 61.5 Å². The molecule has 8 rings (SSSR count). The highest BCUT2D eigenvalue weighted by Gasteiger charge is 2.66. The lowest BCUT2D eigenvalue weighted by atomic mass is 9.85. The van der Waals surface area contributed by atoms with Crippen molar-refractivity contribution in [2.24, 2.45) is 0 Å². The van der Waals surface area contributed by atoms with E-state index >= 15 is 23.2 Å². The molecule has 4 aliphatic heterocycles. The third-order valence-corrected chi connectivity index (χ3v) is 25.5. The Hall–Kier alpha value is -4.72. The van der Waals surface area contributed by atoms with Gasteiger partial charge in [0.05, 0.1) is 75.3 Å². The zero-order chi connectivity index (χ0) is 67.0. The van der Waals surface area contributed by atoms with Crippen LogP contribution in [0.1, 0.15) is 80.0 Å². The maximum Gasteiger partial charge on any atom is 0.245 e. The van der Waals surface area contributed by atoms with Gasteiger partial charge >= 0.3 is 0 Å². The number of ether oxygens (including phenoxy) is 4. The van der Waals surface area contributed by atoms with Crippen molar-refractivity contribution in [3.63, 3.8) is 0 Å². The molecule has 508 valence electrons. The van der Waals surface area contributed by atoms with Crippen LogP contribution in [0, 0.1) is 25.5 Å². The van der Waals surface area contributed by atoms with Crippen LogP contribution in [0.3, 0.4) is 0 Å². The lowest BCUT2D eigenvalue weighted by Gasteiger charge is -2.50. The largest absolute Gasteiger partial charge is 0.390 e. The van der Waals surface area contributed by atoms with E-state index in [4.69, 9.17) is 18.9 Å². The second kappa shape index (κ2) is 31.0. The first-order valence-corrected chi connectivity index (χ1v) is 48.3. The van der Waals surface area contributed by atoms with Crippen molar-refractivity contribution >= 4 is 60.8 Å². The molecule has 0 saturated carbocycles. The number of aliphatic hydroxyl groups is 2. The predicted molar refractivity (Wildman–Crippen MR) is 368 cm³/mol. The summed E-state index contributed by atoms with van der Waals surface area (Å²) in [5.74, 6) is -2.71. The Morgan fingerprint density at radius 3 is 1.25 bits per heavy atom. The van der Waals surface area contributed by atoms with Crippen molar-refractivity contribution in [2.45, 2.75) is 180 Å². The van der Waals surface area contributed by atoms with E-state index in [1.54, 1.807) is 50.5 Å². The second-order valence-corrected chi connectivity index (χ2v) is 53.2. The molecule has 2 saturated heterocycles. The molecule has 4 aromatic rings. The number of aromatic amines is 2. The van der Waals surface area contributed by atoms with Crippen molar-refractivity contribution in [3.8, 4) is 0 Å². The molecule has 19 nitrogen and oxygen atoms in total. The van der Waals surface area contributed by atoms with Gasteiger partial charge in [-0.2, -0.15) is 19.4 Å². The molecule has 25 heteroatoms. The van der Waals surface area contributed by atoms with Gasteiger partial charge in [0.2, 0.25) is 42.9 Å². The van der Waals surface area contributed by atoms with E-state index in [0.717, 1.165) is 24.2 Å². The van der Waals surface area contributed by atoms with Crippen molar-refractivity contribution in [2.75, 3.05) is 92.4 Å². The van der Waals surface area contributed by atoms with E-state index < -0.39 is 108 Å². The first-order valence-electron chi connectivity index (χ1n) is 33.4. The molecule has 4 aliphatic rings. The van der Waals surface area contributed by atoms with E-state index in [1.807, 2.05) is 10.0 Å². The summed E-state index contributed by atoms with van der Waals surface area (Å²) in [6, 6.07) is 8.76. The third kappa shape index (κ3) is 16.9. The maximum absolute atomic E-state index is 18.4. The molecule has 2 fully saturated rings. The number of piperidine rings is 2. The zero-order valence-corrected chi connectivity index (χ0v) is 61.6. The average Bonchev–Trinajstić information content (AvgIpc) is 1.53. The number of ketones is 3. The zero-order valence-electron chi connectivity index (χ0n) is 57.6. The summed E-state index contributed by atoms with van der Waals surface area (Å²) in [5.41, 5.74) is 2.68. The topological polar surface area (TPSA) is 216 Å². The van der Waals surface area contributed by atoms with Gasteiger partial charge in [-0.25, -0.2) is 18.8 Å². The minimum absolute atomic E-state index is 0.0450. The summed E-state index contributed by atoms with van der Waals surface area (Å²) >= 11 is 0. The van der Waals surface area contributed by atoms with Crippen molar-refractivity contribution in [1.29, 1.82) is 0 Å². The molecule has 4 unspecified atom stereocenters.